The Labute approximate surface area is 129 Å². The normalized spacial score (nSPS) is 16.3. The summed E-state index contributed by atoms with van der Waals surface area (Å²) in [4.78, 5) is 23.1. The molecule has 0 aromatic heterocycles. The predicted molar refractivity (Wildman–Crippen MR) is 78.5 cm³/mol. The van der Waals surface area contributed by atoms with Gasteiger partial charge in [0.05, 0.1) is 11.4 Å². The maximum atomic E-state index is 12.3. The number of carbonyl (C=O) groups excluding carboxylic acids is 1. The molecule has 0 saturated heterocycles. The fraction of sp³-hybridized carbons (Fsp3) is 0.429. The second-order valence-electron chi connectivity index (χ2n) is 5.29. The molecule has 120 valence electrons. The Morgan fingerprint density at radius 3 is 2.41 bits per heavy atom. The summed E-state index contributed by atoms with van der Waals surface area (Å²) in [5, 5.41) is 11.4. The number of sulfonamides is 1. The number of carbonyl (C=O) groups is 2. The third-order valence-electron chi connectivity index (χ3n) is 3.49. The van der Waals surface area contributed by atoms with Crippen LogP contribution in [0.25, 0.3) is 0 Å². The first-order valence-corrected chi connectivity index (χ1v) is 8.30. The third kappa shape index (κ3) is 3.83. The maximum Gasteiger partial charge on any atom is 0.326 e. The number of benzene rings is 1. The monoisotopic (exact) mass is 326 g/mol. The molecule has 0 bridgehead atoms. The van der Waals surface area contributed by atoms with Crippen LogP contribution >= 0.6 is 0 Å². The molecule has 1 fully saturated rings. The van der Waals surface area contributed by atoms with Crippen LogP contribution in [0.3, 0.4) is 0 Å². The highest BCUT2D eigenvalue weighted by molar-refractivity contribution is 7.89. The summed E-state index contributed by atoms with van der Waals surface area (Å²) in [5.41, 5.74) is 0. The van der Waals surface area contributed by atoms with Crippen LogP contribution in [-0.2, 0) is 19.6 Å². The summed E-state index contributed by atoms with van der Waals surface area (Å²) in [6.07, 6.45) is 1.52. The van der Waals surface area contributed by atoms with Crippen LogP contribution in [0, 0.1) is 5.92 Å². The van der Waals surface area contributed by atoms with Gasteiger partial charge in [-0.25, -0.2) is 13.2 Å². The molecule has 8 heteroatoms. The molecule has 1 saturated carbocycles. The highest BCUT2D eigenvalue weighted by Crippen LogP contribution is 2.32. The Bertz CT molecular complexity index is 655. The zero-order valence-electron chi connectivity index (χ0n) is 12.1. The molecule has 7 nitrogen and oxygen atoms in total. The Morgan fingerprint density at radius 2 is 1.91 bits per heavy atom. The summed E-state index contributed by atoms with van der Waals surface area (Å²) in [7, 11) is -2.48. The van der Waals surface area contributed by atoms with Gasteiger partial charge in [-0.15, -0.1) is 0 Å². The third-order valence-corrected chi connectivity index (χ3v) is 5.31. The smallest absolute Gasteiger partial charge is 0.326 e. The van der Waals surface area contributed by atoms with Crippen LogP contribution in [0.2, 0.25) is 0 Å². The minimum absolute atomic E-state index is 0.0579. The number of carboxylic acid groups (broad SMARTS) is 1. The predicted octanol–water partition coefficient (Wildman–Crippen LogP) is 0.287. The van der Waals surface area contributed by atoms with Crippen molar-refractivity contribution in [2.75, 3.05) is 13.6 Å². The van der Waals surface area contributed by atoms with Crippen LogP contribution in [0.1, 0.15) is 12.8 Å². The average molecular weight is 326 g/mol. The van der Waals surface area contributed by atoms with E-state index in [1.165, 1.54) is 19.2 Å². The van der Waals surface area contributed by atoms with Crippen molar-refractivity contribution in [2.45, 2.75) is 23.8 Å². The summed E-state index contributed by atoms with van der Waals surface area (Å²) in [5.74, 6) is -1.77. The van der Waals surface area contributed by atoms with E-state index in [9.17, 15) is 18.0 Å². The molecule has 2 N–H and O–H groups in total. The van der Waals surface area contributed by atoms with Crippen molar-refractivity contribution in [3.63, 3.8) is 0 Å². The lowest BCUT2D eigenvalue weighted by Gasteiger charge is -2.19. The molecule has 1 amide bonds. The van der Waals surface area contributed by atoms with Gasteiger partial charge in [0.25, 0.3) is 0 Å². The first kappa shape index (κ1) is 16.4. The Balaban J connectivity index is 2.00. The Morgan fingerprint density at radius 1 is 1.32 bits per heavy atom. The molecule has 1 unspecified atom stereocenters. The van der Waals surface area contributed by atoms with Gasteiger partial charge < -0.3 is 10.4 Å². The molecule has 0 heterocycles. The fourth-order valence-electron chi connectivity index (χ4n) is 2.09. The molecular formula is C14H18N2O5S. The topological polar surface area (TPSA) is 104 Å². The molecule has 1 atom stereocenters. The van der Waals surface area contributed by atoms with E-state index < -0.39 is 34.5 Å². The van der Waals surface area contributed by atoms with E-state index in [1.54, 1.807) is 18.2 Å². The van der Waals surface area contributed by atoms with Gasteiger partial charge in [0.15, 0.2) is 0 Å². The van der Waals surface area contributed by atoms with E-state index in [4.69, 9.17) is 5.11 Å². The quantitative estimate of drug-likeness (QED) is 0.749. The van der Waals surface area contributed by atoms with Crippen molar-refractivity contribution in [1.82, 2.24) is 9.62 Å². The van der Waals surface area contributed by atoms with Gasteiger partial charge in [0.1, 0.15) is 6.04 Å². The molecule has 0 aliphatic heterocycles. The number of nitrogens with one attached hydrogen (secondary N) is 1. The number of amides is 1. The number of nitrogens with zero attached hydrogens (tertiary/aromatic N) is 1. The van der Waals surface area contributed by atoms with Gasteiger partial charge in [-0.3, -0.25) is 4.79 Å². The zero-order valence-corrected chi connectivity index (χ0v) is 12.9. The lowest BCUT2D eigenvalue weighted by molar-refractivity contribution is -0.142. The van der Waals surface area contributed by atoms with E-state index in [0.29, 0.717) is 0 Å². The van der Waals surface area contributed by atoms with Crippen LogP contribution in [-0.4, -0.2) is 49.3 Å². The molecule has 1 aromatic rings. The number of hydrogen-bond acceptors (Lipinski definition) is 4. The Hall–Kier alpha value is -1.93. The lowest BCUT2D eigenvalue weighted by atomic mass is 10.2. The molecule has 0 radical (unpaired) electrons. The summed E-state index contributed by atoms with van der Waals surface area (Å²) >= 11 is 0. The van der Waals surface area contributed by atoms with E-state index in [-0.39, 0.29) is 10.8 Å². The highest BCUT2D eigenvalue weighted by atomic mass is 32.2. The van der Waals surface area contributed by atoms with Gasteiger partial charge in [-0.05, 0) is 30.9 Å². The molecule has 1 aromatic carbocycles. The van der Waals surface area contributed by atoms with Crippen molar-refractivity contribution >= 4 is 21.9 Å². The number of likely N-dealkylation sites (N-methyl/N-ethyl adjacent to an activating group) is 1. The molecular weight excluding hydrogens is 308 g/mol. The molecule has 0 spiro atoms. The molecule has 22 heavy (non-hydrogen) atoms. The minimum atomic E-state index is -3.77. The lowest BCUT2D eigenvalue weighted by Crippen LogP contribution is -2.47. The van der Waals surface area contributed by atoms with Gasteiger partial charge >= 0.3 is 5.97 Å². The van der Waals surface area contributed by atoms with Crippen molar-refractivity contribution < 1.29 is 23.1 Å². The van der Waals surface area contributed by atoms with Crippen LogP contribution in [0.5, 0.6) is 0 Å². The zero-order chi connectivity index (χ0) is 16.3. The van der Waals surface area contributed by atoms with Crippen LogP contribution in [0.15, 0.2) is 35.2 Å². The van der Waals surface area contributed by atoms with E-state index in [1.807, 2.05) is 0 Å². The number of hydrogen-bond donors (Lipinski definition) is 2. The molecule has 1 aliphatic rings. The second kappa shape index (κ2) is 6.45. The highest BCUT2D eigenvalue weighted by Gasteiger charge is 2.37. The summed E-state index contributed by atoms with van der Waals surface area (Å²) < 4.78 is 25.4. The number of aliphatic carboxylic acids is 1. The standard InChI is InChI=1S/C14H18N2O5S/c1-16(22(20,21)11-5-3-2-4-6-11)9-12(17)15-13(14(18)19)10-7-8-10/h2-6,10,13H,7-9H2,1H3,(H,15,17)(H,18,19). The SMILES string of the molecule is CN(CC(=O)NC(C(=O)O)C1CC1)S(=O)(=O)c1ccccc1. The second-order valence-corrected chi connectivity index (χ2v) is 7.34. The van der Waals surface area contributed by atoms with Crippen molar-refractivity contribution in [3.8, 4) is 0 Å². The largest absolute Gasteiger partial charge is 0.480 e. The minimum Gasteiger partial charge on any atom is -0.480 e. The van der Waals surface area contributed by atoms with Gasteiger partial charge in [0.2, 0.25) is 15.9 Å². The average Bonchev–Trinajstić information content (AvgIpc) is 3.29. The van der Waals surface area contributed by atoms with Gasteiger partial charge in [0, 0.05) is 7.05 Å². The Kier molecular flexibility index (Phi) is 4.82. The van der Waals surface area contributed by atoms with Crippen LogP contribution < -0.4 is 5.32 Å². The van der Waals surface area contributed by atoms with Gasteiger partial charge in [-0.1, -0.05) is 18.2 Å². The maximum absolute atomic E-state index is 12.3. The molecule has 2 rings (SSSR count). The summed E-state index contributed by atoms with van der Waals surface area (Å²) in [6.45, 7) is -0.423. The van der Waals surface area contributed by atoms with Crippen LogP contribution in [0.4, 0.5) is 0 Å². The van der Waals surface area contributed by atoms with Gasteiger partial charge in [-0.2, -0.15) is 4.31 Å². The fourth-order valence-corrected chi connectivity index (χ4v) is 3.24. The number of rotatable bonds is 7. The van der Waals surface area contributed by atoms with Crippen molar-refractivity contribution in [2.24, 2.45) is 5.92 Å². The summed E-state index contributed by atoms with van der Waals surface area (Å²) in [6, 6.07) is 6.81. The van der Waals surface area contributed by atoms with Crippen molar-refractivity contribution in [3.05, 3.63) is 30.3 Å². The van der Waals surface area contributed by atoms with E-state index in [0.717, 1.165) is 17.1 Å². The van der Waals surface area contributed by atoms with E-state index >= 15 is 0 Å². The first-order chi connectivity index (χ1) is 10.3. The molecule has 1 aliphatic carbocycles. The van der Waals surface area contributed by atoms with E-state index in [2.05, 4.69) is 5.32 Å². The first-order valence-electron chi connectivity index (χ1n) is 6.86. The number of carboxylic acids is 1. The van der Waals surface area contributed by atoms with Crippen molar-refractivity contribution in [1.29, 1.82) is 0 Å².